The molecule has 0 aromatic heterocycles. The molecule has 0 spiro atoms. The first-order chi connectivity index (χ1) is 22.8. The Morgan fingerprint density at radius 1 is 0.745 bits per heavy atom. The van der Waals surface area contributed by atoms with Crippen molar-refractivity contribution >= 4 is 46.9 Å². The Morgan fingerprint density at radius 2 is 1.40 bits per heavy atom. The third-order valence-corrected chi connectivity index (χ3v) is 8.57. The van der Waals surface area contributed by atoms with Crippen LogP contribution in [0.1, 0.15) is 37.9 Å². The first-order valence-corrected chi connectivity index (χ1v) is 15.9. The fraction of sp³-hybridized carbons (Fsp3) is 0.103. The van der Waals surface area contributed by atoms with Gasteiger partial charge in [0.2, 0.25) is 5.91 Å². The summed E-state index contributed by atoms with van der Waals surface area (Å²) in [6, 6.07) is 38.7. The van der Waals surface area contributed by atoms with Gasteiger partial charge in [0.15, 0.2) is 0 Å². The smallest absolute Gasteiger partial charge is 0.272 e. The third kappa shape index (κ3) is 8.99. The molecule has 0 fully saturated rings. The van der Waals surface area contributed by atoms with Crippen molar-refractivity contribution in [3.8, 4) is 5.75 Å². The van der Waals surface area contributed by atoms with Gasteiger partial charge in [-0.25, -0.2) is 0 Å². The molecule has 1 unspecified atom stereocenters. The first-order valence-electron chi connectivity index (χ1n) is 15.0. The van der Waals surface area contributed by atoms with Crippen molar-refractivity contribution in [1.82, 2.24) is 5.32 Å². The second-order valence-corrected chi connectivity index (χ2v) is 12.0. The van der Waals surface area contributed by atoms with E-state index >= 15 is 0 Å². The number of anilines is 2. The van der Waals surface area contributed by atoms with Crippen LogP contribution in [0.25, 0.3) is 6.08 Å². The Balaban J connectivity index is 1.33. The average Bonchev–Trinajstić information content (AvgIpc) is 3.09. The molecule has 5 aromatic rings. The Labute approximate surface area is 279 Å². The van der Waals surface area contributed by atoms with Gasteiger partial charge in [-0.1, -0.05) is 78.4 Å². The topological polar surface area (TPSA) is 96.5 Å². The highest BCUT2D eigenvalue weighted by atomic mass is 32.2. The fourth-order valence-corrected chi connectivity index (χ4v) is 5.84. The van der Waals surface area contributed by atoms with Gasteiger partial charge in [0, 0.05) is 21.8 Å². The Bertz CT molecular complexity index is 1870. The van der Waals surface area contributed by atoms with Crippen LogP contribution in [0.2, 0.25) is 0 Å². The van der Waals surface area contributed by atoms with E-state index in [0.717, 1.165) is 27.3 Å². The average molecular weight is 642 g/mol. The molecule has 5 rings (SSSR count). The molecule has 0 aliphatic rings. The van der Waals surface area contributed by atoms with Gasteiger partial charge in [0.1, 0.15) is 16.7 Å². The summed E-state index contributed by atoms with van der Waals surface area (Å²) in [6.07, 6.45) is 1.61. The second-order valence-electron chi connectivity index (χ2n) is 10.8. The molecule has 0 saturated carbocycles. The lowest BCUT2D eigenvalue weighted by molar-refractivity contribution is -0.116. The van der Waals surface area contributed by atoms with E-state index in [1.165, 1.54) is 11.8 Å². The maximum atomic E-state index is 13.6. The van der Waals surface area contributed by atoms with E-state index in [1.807, 2.05) is 80.6 Å². The number of nitrogens with one attached hydrogen (secondary N) is 3. The minimum atomic E-state index is -0.510. The van der Waals surface area contributed by atoms with Gasteiger partial charge in [0.25, 0.3) is 11.8 Å². The standard InChI is InChI=1S/C39H35N3O4S/c1-26-14-23-34(27(2)24-26)41-39(45)36(29-10-6-4-7-11-29)47-33-21-17-31(18-22-33)40-38(44)35(25-28-15-19-32(46-3)20-16-28)42-37(43)30-12-8-5-9-13-30/h4-25,36H,1-3H3,(H,40,44)(H,41,45)(H,42,43)/b35-25-. The lowest BCUT2D eigenvalue weighted by Crippen LogP contribution is -2.30. The summed E-state index contributed by atoms with van der Waals surface area (Å²) in [6.45, 7) is 4.00. The van der Waals surface area contributed by atoms with Gasteiger partial charge in [-0.2, -0.15) is 0 Å². The number of thioether (sulfide) groups is 1. The lowest BCUT2D eigenvalue weighted by atomic mass is 10.1. The van der Waals surface area contributed by atoms with Crippen molar-refractivity contribution in [3.05, 3.63) is 161 Å². The highest BCUT2D eigenvalue weighted by molar-refractivity contribution is 8.00. The van der Waals surface area contributed by atoms with Crippen molar-refractivity contribution < 1.29 is 19.1 Å². The second kappa shape index (κ2) is 15.6. The number of rotatable bonds is 11. The van der Waals surface area contributed by atoms with Gasteiger partial charge >= 0.3 is 0 Å². The molecular weight excluding hydrogens is 607 g/mol. The molecule has 236 valence electrons. The van der Waals surface area contributed by atoms with Gasteiger partial charge in [-0.3, -0.25) is 14.4 Å². The maximum absolute atomic E-state index is 13.6. The Kier molecular flexibility index (Phi) is 10.9. The zero-order chi connectivity index (χ0) is 33.2. The molecule has 8 heteroatoms. The molecule has 0 radical (unpaired) electrons. The van der Waals surface area contributed by atoms with Crippen molar-refractivity contribution in [3.63, 3.8) is 0 Å². The molecule has 1 atom stereocenters. The summed E-state index contributed by atoms with van der Waals surface area (Å²) in [4.78, 5) is 40.9. The number of carbonyl (C=O) groups is 3. The van der Waals surface area contributed by atoms with E-state index in [1.54, 1.807) is 73.8 Å². The largest absolute Gasteiger partial charge is 0.497 e. The van der Waals surface area contributed by atoms with Crippen LogP contribution in [-0.2, 0) is 9.59 Å². The van der Waals surface area contributed by atoms with Gasteiger partial charge in [-0.05, 0) is 91.2 Å². The highest BCUT2D eigenvalue weighted by Crippen LogP contribution is 2.37. The minimum absolute atomic E-state index is 0.0784. The number of hydrogen-bond donors (Lipinski definition) is 3. The van der Waals surface area contributed by atoms with E-state index in [-0.39, 0.29) is 11.6 Å². The van der Waals surface area contributed by atoms with E-state index in [9.17, 15) is 14.4 Å². The van der Waals surface area contributed by atoms with Crippen LogP contribution in [0.4, 0.5) is 11.4 Å². The third-order valence-electron chi connectivity index (χ3n) is 7.30. The molecule has 0 bridgehead atoms. The fourth-order valence-electron chi connectivity index (χ4n) is 4.81. The number of carbonyl (C=O) groups excluding carboxylic acids is 3. The van der Waals surface area contributed by atoms with Crippen LogP contribution in [0.15, 0.2) is 138 Å². The minimum Gasteiger partial charge on any atom is -0.497 e. The Hall–Kier alpha value is -5.60. The molecule has 47 heavy (non-hydrogen) atoms. The van der Waals surface area contributed by atoms with Crippen LogP contribution in [-0.4, -0.2) is 24.8 Å². The molecule has 3 amide bonds. The predicted octanol–water partition coefficient (Wildman–Crippen LogP) is 8.19. The quantitative estimate of drug-likeness (QED) is 0.0998. The molecule has 0 heterocycles. The van der Waals surface area contributed by atoms with E-state index in [2.05, 4.69) is 16.0 Å². The van der Waals surface area contributed by atoms with Crippen molar-refractivity contribution in [2.45, 2.75) is 24.0 Å². The summed E-state index contributed by atoms with van der Waals surface area (Å²) < 4.78 is 5.24. The molecule has 0 saturated heterocycles. The van der Waals surface area contributed by atoms with Gasteiger partial charge in [0.05, 0.1) is 7.11 Å². The molecular formula is C39H35N3O4S. The molecule has 0 aliphatic carbocycles. The number of methoxy groups -OCH3 is 1. The summed E-state index contributed by atoms with van der Waals surface area (Å²) in [5, 5.41) is 8.23. The van der Waals surface area contributed by atoms with Crippen LogP contribution in [0, 0.1) is 13.8 Å². The predicted molar refractivity (Wildman–Crippen MR) is 190 cm³/mol. The first kappa shape index (κ1) is 32.8. The molecule has 3 N–H and O–H groups in total. The highest BCUT2D eigenvalue weighted by Gasteiger charge is 2.23. The number of ether oxygens (including phenoxy) is 1. The van der Waals surface area contributed by atoms with Crippen LogP contribution >= 0.6 is 11.8 Å². The monoisotopic (exact) mass is 641 g/mol. The van der Waals surface area contributed by atoms with Crippen molar-refractivity contribution in [1.29, 1.82) is 0 Å². The van der Waals surface area contributed by atoms with Crippen molar-refractivity contribution in [2.24, 2.45) is 0 Å². The van der Waals surface area contributed by atoms with E-state index < -0.39 is 17.1 Å². The molecule has 7 nitrogen and oxygen atoms in total. The summed E-state index contributed by atoms with van der Waals surface area (Å²) >= 11 is 1.42. The van der Waals surface area contributed by atoms with Gasteiger partial charge < -0.3 is 20.7 Å². The van der Waals surface area contributed by atoms with Crippen LogP contribution in [0.3, 0.4) is 0 Å². The van der Waals surface area contributed by atoms with Crippen LogP contribution in [0.5, 0.6) is 5.75 Å². The maximum Gasteiger partial charge on any atom is 0.272 e. The van der Waals surface area contributed by atoms with Gasteiger partial charge in [-0.15, -0.1) is 11.8 Å². The van der Waals surface area contributed by atoms with Crippen molar-refractivity contribution in [2.75, 3.05) is 17.7 Å². The molecule has 0 aliphatic heterocycles. The summed E-state index contributed by atoms with van der Waals surface area (Å²) in [7, 11) is 1.58. The normalized spacial score (nSPS) is 11.7. The lowest BCUT2D eigenvalue weighted by Gasteiger charge is -2.18. The zero-order valence-electron chi connectivity index (χ0n) is 26.3. The summed E-state index contributed by atoms with van der Waals surface area (Å²) in [5.41, 5.74) is 5.52. The number of benzene rings is 5. The molecule has 5 aromatic carbocycles. The number of hydrogen-bond acceptors (Lipinski definition) is 5. The zero-order valence-corrected chi connectivity index (χ0v) is 27.1. The number of amides is 3. The number of aryl methyl sites for hydroxylation is 2. The SMILES string of the molecule is COc1ccc(/C=C(\NC(=O)c2ccccc2)C(=O)Nc2ccc(SC(C(=O)Nc3ccc(C)cc3C)c3ccccc3)cc2)cc1. The summed E-state index contributed by atoms with van der Waals surface area (Å²) in [5.74, 6) is -0.344. The van der Waals surface area contributed by atoms with E-state index in [4.69, 9.17) is 4.74 Å². The van der Waals surface area contributed by atoms with Crippen LogP contribution < -0.4 is 20.7 Å². The Morgan fingerprint density at radius 3 is 2.04 bits per heavy atom. The van der Waals surface area contributed by atoms with E-state index in [0.29, 0.717) is 22.6 Å².